The van der Waals surface area contributed by atoms with Crippen molar-refractivity contribution in [2.24, 2.45) is 0 Å². The van der Waals surface area contributed by atoms with Crippen LogP contribution in [0, 0.1) is 13.8 Å². The number of aryl methyl sites for hydroxylation is 3. The lowest BCUT2D eigenvalue weighted by Gasteiger charge is -2.17. The Hall–Kier alpha value is -0.870. The average molecular weight is 225 g/mol. The Morgan fingerprint density at radius 2 is 2.12 bits per heavy atom. The molecule has 0 spiro atoms. The first-order chi connectivity index (χ1) is 7.38. The highest BCUT2D eigenvalue weighted by molar-refractivity contribution is 5.06. The Bertz CT molecular complexity index is 325. The van der Waals surface area contributed by atoms with Crippen LogP contribution in [0.3, 0.4) is 0 Å². The maximum Gasteiger partial charge on any atom is 0.0715 e. The van der Waals surface area contributed by atoms with Crippen LogP contribution in [0.1, 0.15) is 31.7 Å². The largest absolute Gasteiger partial charge is 0.389 e. The summed E-state index contributed by atoms with van der Waals surface area (Å²) in [6, 6.07) is 2.09. The molecule has 0 amide bonds. The van der Waals surface area contributed by atoms with Crippen molar-refractivity contribution >= 4 is 0 Å². The zero-order chi connectivity index (χ0) is 12.2. The average Bonchev–Trinajstić information content (AvgIpc) is 2.42. The zero-order valence-corrected chi connectivity index (χ0v) is 10.7. The Labute approximate surface area is 97.7 Å². The predicted octanol–water partition coefficient (Wildman–Crippen LogP) is 1.25. The highest BCUT2D eigenvalue weighted by atomic mass is 16.3. The lowest BCUT2D eigenvalue weighted by molar-refractivity contribution is 0.0798. The first-order valence-corrected chi connectivity index (χ1v) is 5.83. The van der Waals surface area contributed by atoms with Crippen molar-refractivity contribution in [1.29, 1.82) is 0 Å². The van der Waals surface area contributed by atoms with Gasteiger partial charge in [-0.25, -0.2) is 0 Å². The van der Waals surface area contributed by atoms with Crippen molar-refractivity contribution in [3.8, 4) is 0 Å². The van der Waals surface area contributed by atoms with Crippen LogP contribution in [0.2, 0.25) is 0 Å². The topological polar surface area (TPSA) is 50.1 Å². The Balaban J connectivity index is 2.19. The van der Waals surface area contributed by atoms with Crippen LogP contribution >= 0.6 is 0 Å². The van der Waals surface area contributed by atoms with Crippen LogP contribution in [0.15, 0.2) is 6.07 Å². The summed E-state index contributed by atoms with van der Waals surface area (Å²) in [7, 11) is 0. The van der Waals surface area contributed by atoms with Crippen molar-refractivity contribution in [2.75, 3.05) is 13.1 Å². The number of rotatable bonds is 6. The van der Waals surface area contributed by atoms with Gasteiger partial charge in [-0.2, -0.15) is 5.10 Å². The molecule has 0 fully saturated rings. The zero-order valence-electron chi connectivity index (χ0n) is 10.7. The minimum absolute atomic E-state index is 0.627. The quantitative estimate of drug-likeness (QED) is 0.716. The molecule has 0 unspecified atom stereocenters. The van der Waals surface area contributed by atoms with Gasteiger partial charge in [-0.15, -0.1) is 0 Å². The molecule has 0 saturated carbocycles. The van der Waals surface area contributed by atoms with Crippen LogP contribution < -0.4 is 5.32 Å². The number of nitrogens with one attached hydrogen (secondary N) is 1. The van der Waals surface area contributed by atoms with Gasteiger partial charge in [0.05, 0.1) is 11.3 Å². The van der Waals surface area contributed by atoms with Crippen LogP contribution in [-0.4, -0.2) is 33.6 Å². The van der Waals surface area contributed by atoms with E-state index in [1.54, 1.807) is 13.8 Å². The van der Waals surface area contributed by atoms with Gasteiger partial charge in [0.2, 0.25) is 0 Å². The number of aromatic nitrogens is 2. The minimum Gasteiger partial charge on any atom is -0.389 e. The van der Waals surface area contributed by atoms with E-state index in [0.717, 1.165) is 25.2 Å². The normalized spacial score (nSPS) is 12.1. The monoisotopic (exact) mass is 225 g/mol. The lowest BCUT2D eigenvalue weighted by Crippen LogP contribution is -2.35. The van der Waals surface area contributed by atoms with Crippen LogP contribution in [0.4, 0.5) is 0 Å². The number of hydrogen-bond donors (Lipinski definition) is 2. The summed E-state index contributed by atoms with van der Waals surface area (Å²) in [6.07, 6.45) is 1.03. The third-order valence-electron chi connectivity index (χ3n) is 2.38. The van der Waals surface area contributed by atoms with Crippen molar-refractivity contribution < 1.29 is 5.11 Å². The molecule has 92 valence electrons. The third-order valence-corrected chi connectivity index (χ3v) is 2.38. The molecular formula is C12H23N3O. The molecule has 0 aliphatic carbocycles. The van der Waals surface area contributed by atoms with E-state index in [2.05, 4.69) is 23.4 Å². The van der Waals surface area contributed by atoms with Gasteiger partial charge in [0.1, 0.15) is 0 Å². The van der Waals surface area contributed by atoms with Gasteiger partial charge in [-0.3, -0.25) is 4.68 Å². The van der Waals surface area contributed by atoms with Gasteiger partial charge in [0.15, 0.2) is 0 Å². The minimum atomic E-state index is -0.627. The van der Waals surface area contributed by atoms with E-state index in [1.165, 1.54) is 5.69 Å². The molecule has 0 bridgehead atoms. The van der Waals surface area contributed by atoms with Crippen molar-refractivity contribution in [3.05, 3.63) is 17.5 Å². The summed E-state index contributed by atoms with van der Waals surface area (Å²) < 4.78 is 2.03. The van der Waals surface area contributed by atoms with Crippen molar-refractivity contribution in [3.63, 3.8) is 0 Å². The molecule has 2 N–H and O–H groups in total. The number of aliphatic hydroxyl groups is 1. The summed E-state index contributed by atoms with van der Waals surface area (Å²) in [5, 5.41) is 17.1. The second kappa shape index (κ2) is 5.46. The fourth-order valence-corrected chi connectivity index (χ4v) is 1.65. The molecule has 4 nitrogen and oxygen atoms in total. The smallest absolute Gasteiger partial charge is 0.0715 e. The molecule has 0 aliphatic rings. The van der Waals surface area contributed by atoms with Gasteiger partial charge in [-0.1, -0.05) is 0 Å². The van der Waals surface area contributed by atoms with Crippen molar-refractivity contribution in [2.45, 2.75) is 46.3 Å². The van der Waals surface area contributed by atoms with Gasteiger partial charge in [0, 0.05) is 18.8 Å². The number of hydrogen-bond acceptors (Lipinski definition) is 3. The second-order valence-electron chi connectivity index (χ2n) is 4.99. The lowest BCUT2D eigenvalue weighted by atomic mass is 10.1. The molecule has 0 saturated heterocycles. The van der Waals surface area contributed by atoms with Gasteiger partial charge in [0.25, 0.3) is 0 Å². The maximum absolute atomic E-state index is 9.50. The third kappa shape index (κ3) is 4.77. The van der Waals surface area contributed by atoms with Gasteiger partial charge < -0.3 is 10.4 Å². The highest BCUT2D eigenvalue weighted by Gasteiger charge is 2.10. The van der Waals surface area contributed by atoms with Crippen molar-refractivity contribution in [1.82, 2.24) is 15.1 Å². The van der Waals surface area contributed by atoms with Crippen LogP contribution in [-0.2, 0) is 6.54 Å². The SMILES string of the molecule is Cc1cc(C)n(CCCNCC(C)(C)O)n1. The molecule has 4 heteroatoms. The summed E-state index contributed by atoms with van der Waals surface area (Å²) in [5.41, 5.74) is 1.65. The first-order valence-electron chi connectivity index (χ1n) is 5.83. The Kier molecular flexibility index (Phi) is 4.50. The molecule has 0 atom stereocenters. The standard InChI is InChI=1S/C12H23N3O/c1-10-8-11(2)15(14-10)7-5-6-13-9-12(3,4)16/h8,13,16H,5-7,9H2,1-4H3. The summed E-state index contributed by atoms with van der Waals surface area (Å²) in [5.74, 6) is 0. The molecule has 16 heavy (non-hydrogen) atoms. The summed E-state index contributed by atoms with van der Waals surface area (Å²) in [6.45, 7) is 10.2. The van der Waals surface area contributed by atoms with Crippen LogP contribution in [0.25, 0.3) is 0 Å². The highest BCUT2D eigenvalue weighted by Crippen LogP contribution is 2.02. The van der Waals surface area contributed by atoms with E-state index in [1.807, 2.05) is 11.6 Å². The Morgan fingerprint density at radius 3 is 2.62 bits per heavy atom. The maximum atomic E-state index is 9.50. The van der Waals surface area contributed by atoms with E-state index in [-0.39, 0.29) is 0 Å². The van der Waals surface area contributed by atoms with Gasteiger partial charge >= 0.3 is 0 Å². The molecule has 0 radical (unpaired) electrons. The molecule has 1 heterocycles. The van der Waals surface area contributed by atoms with E-state index < -0.39 is 5.60 Å². The van der Waals surface area contributed by atoms with E-state index >= 15 is 0 Å². The predicted molar refractivity (Wildman–Crippen MR) is 65.5 cm³/mol. The molecule has 0 aromatic carbocycles. The number of nitrogens with zero attached hydrogens (tertiary/aromatic N) is 2. The first kappa shape index (κ1) is 13.2. The molecular weight excluding hydrogens is 202 g/mol. The summed E-state index contributed by atoms with van der Waals surface area (Å²) in [4.78, 5) is 0. The molecule has 1 aromatic rings. The summed E-state index contributed by atoms with van der Waals surface area (Å²) >= 11 is 0. The Morgan fingerprint density at radius 1 is 1.44 bits per heavy atom. The van der Waals surface area contributed by atoms with Crippen LogP contribution in [0.5, 0.6) is 0 Å². The fourth-order valence-electron chi connectivity index (χ4n) is 1.65. The molecule has 1 aromatic heterocycles. The molecule has 1 rings (SSSR count). The fraction of sp³-hybridized carbons (Fsp3) is 0.750. The second-order valence-corrected chi connectivity index (χ2v) is 4.99. The van der Waals surface area contributed by atoms with E-state index in [4.69, 9.17) is 0 Å². The van der Waals surface area contributed by atoms with Gasteiger partial charge in [-0.05, 0) is 46.7 Å². The van der Waals surface area contributed by atoms with E-state index in [0.29, 0.717) is 6.54 Å². The molecule has 0 aliphatic heterocycles. The van der Waals surface area contributed by atoms with E-state index in [9.17, 15) is 5.11 Å².